The van der Waals surface area contributed by atoms with E-state index < -0.39 is 0 Å². The number of hydrogen-bond donors (Lipinski definition) is 2. The molecule has 1 aliphatic carbocycles. The second kappa shape index (κ2) is 9.40. The largest absolute Gasteiger partial charge is 0.462 e. The molecule has 5 nitrogen and oxygen atoms in total. The molecule has 0 bridgehead atoms. The second-order valence-electron chi connectivity index (χ2n) is 6.75. The van der Waals surface area contributed by atoms with Gasteiger partial charge in [0.1, 0.15) is 6.10 Å². The van der Waals surface area contributed by atoms with Gasteiger partial charge in [0.25, 0.3) is 0 Å². The summed E-state index contributed by atoms with van der Waals surface area (Å²) in [5, 5.41) is 6.68. The van der Waals surface area contributed by atoms with Gasteiger partial charge in [0.05, 0.1) is 0 Å². The third-order valence-corrected chi connectivity index (χ3v) is 6.14. The summed E-state index contributed by atoms with van der Waals surface area (Å²) in [5.41, 5.74) is 0. The number of guanidine groups is 1. The van der Waals surface area contributed by atoms with Gasteiger partial charge in [0.15, 0.2) is 5.96 Å². The predicted octanol–water partition coefficient (Wildman–Crippen LogP) is 2.70. The topological polar surface area (TPSA) is 62.7 Å². The number of nitrogens with one attached hydrogen (secondary N) is 2. The third-order valence-electron chi connectivity index (χ3n) is 4.60. The maximum Gasteiger partial charge on any atom is 0.306 e. The van der Waals surface area contributed by atoms with Crippen LogP contribution in [0.25, 0.3) is 0 Å². The first-order valence-electron chi connectivity index (χ1n) is 8.89. The smallest absolute Gasteiger partial charge is 0.306 e. The number of esters is 1. The summed E-state index contributed by atoms with van der Waals surface area (Å²) in [5.74, 6) is 2.02. The van der Waals surface area contributed by atoms with Crippen molar-refractivity contribution in [2.45, 2.75) is 69.1 Å². The number of thioether (sulfide) groups is 1. The summed E-state index contributed by atoms with van der Waals surface area (Å²) in [4.78, 5) is 16.0. The quantitative estimate of drug-likeness (QED) is 0.323. The Morgan fingerprint density at radius 3 is 2.74 bits per heavy atom. The lowest BCUT2D eigenvalue weighted by molar-refractivity contribution is -0.148. The Hall–Kier alpha value is -0.910. The van der Waals surface area contributed by atoms with Gasteiger partial charge in [-0.1, -0.05) is 0 Å². The number of hydrogen-bond acceptors (Lipinski definition) is 4. The molecule has 1 saturated heterocycles. The Morgan fingerprint density at radius 2 is 2.09 bits per heavy atom. The van der Waals surface area contributed by atoms with Crippen LogP contribution < -0.4 is 10.6 Å². The molecule has 0 radical (unpaired) electrons. The highest BCUT2D eigenvalue weighted by molar-refractivity contribution is 8.00. The monoisotopic (exact) mass is 341 g/mol. The van der Waals surface area contributed by atoms with E-state index in [1.807, 2.05) is 11.8 Å². The van der Waals surface area contributed by atoms with Crippen molar-refractivity contribution in [2.24, 2.45) is 4.99 Å². The molecule has 2 N–H and O–H groups in total. The molecule has 0 aromatic rings. The molecule has 1 aliphatic heterocycles. The number of ether oxygens (including phenoxy) is 1. The zero-order valence-electron chi connectivity index (χ0n) is 14.5. The molecule has 1 unspecified atom stereocenters. The van der Waals surface area contributed by atoms with Crippen molar-refractivity contribution < 1.29 is 9.53 Å². The van der Waals surface area contributed by atoms with Crippen molar-refractivity contribution in [2.75, 3.05) is 25.9 Å². The lowest BCUT2D eigenvalue weighted by Crippen LogP contribution is -2.43. The maximum atomic E-state index is 11.8. The minimum absolute atomic E-state index is 0.0588. The van der Waals surface area contributed by atoms with Gasteiger partial charge >= 0.3 is 5.97 Å². The van der Waals surface area contributed by atoms with E-state index in [1.54, 1.807) is 7.05 Å². The van der Waals surface area contributed by atoms with Crippen LogP contribution in [-0.4, -0.2) is 48.7 Å². The number of nitrogens with zero attached hydrogens (tertiary/aromatic N) is 1. The van der Waals surface area contributed by atoms with Crippen molar-refractivity contribution in [3.05, 3.63) is 0 Å². The number of aliphatic imine (C=N–C) groups is 1. The number of rotatable bonds is 7. The van der Waals surface area contributed by atoms with Gasteiger partial charge in [-0.25, -0.2) is 0 Å². The van der Waals surface area contributed by atoms with Crippen LogP contribution in [0, 0.1) is 0 Å². The maximum absolute atomic E-state index is 11.8. The van der Waals surface area contributed by atoms with Crippen LogP contribution in [0.3, 0.4) is 0 Å². The van der Waals surface area contributed by atoms with Crippen molar-refractivity contribution in [1.82, 2.24) is 10.6 Å². The standard InChI is InChI=1S/C17H31N3O2S/c1-17(10-6-12-23-17)13-20-16(18-2)19-11-5-9-15(21)22-14-7-3-4-8-14/h14H,3-13H2,1-2H3,(H2,18,19,20). The molecule has 2 rings (SSSR count). The SMILES string of the molecule is CN=C(NCCCC(=O)OC1CCCC1)NCC1(C)CCCS1. The molecule has 0 aromatic carbocycles. The van der Waals surface area contributed by atoms with Crippen LogP contribution in [0.4, 0.5) is 0 Å². The molecule has 6 heteroatoms. The first kappa shape index (κ1) is 18.4. The summed E-state index contributed by atoms with van der Waals surface area (Å²) >= 11 is 2.04. The molecule has 0 amide bonds. The first-order valence-corrected chi connectivity index (χ1v) is 9.88. The van der Waals surface area contributed by atoms with Gasteiger partial charge < -0.3 is 15.4 Å². The van der Waals surface area contributed by atoms with Crippen LogP contribution in [0.1, 0.15) is 58.3 Å². The summed E-state index contributed by atoms with van der Waals surface area (Å²) in [7, 11) is 1.79. The van der Waals surface area contributed by atoms with Gasteiger partial charge in [0, 0.05) is 31.3 Å². The third kappa shape index (κ3) is 6.61. The van der Waals surface area contributed by atoms with Crippen LogP contribution in [-0.2, 0) is 9.53 Å². The fourth-order valence-corrected chi connectivity index (χ4v) is 4.40. The molecular weight excluding hydrogens is 310 g/mol. The number of carbonyl (C=O) groups excluding carboxylic acids is 1. The second-order valence-corrected chi connectivity index (χ2v) is 8.44. The van der Waals surface area contributed by atoms with Crippen molar-refractivity contribution in [3.8, 4) is 0 Å². The van der Waals surface area contributed by atoms with Crippen molar-refractivity contribution in [3.63, 3.8) is 0 Å². The molecule has 1 saturated carbocycles. The summed E-state index contributed by atoms with van der Waals surface area (Å²) in [6.07, 6.45) is 8.46. The molecule has 23 heavy (non-hydrogen) atoms. The van der Waals surface area contributed by atoms with E-state index in [1.165, 1.54) is 31.4 Å². The Morgan fingerprint density at radius 1 is 1.30 bits per heavy atom. The Balaban J connectivity index is 1.55. The first-order chi connectivity index (χ1) is 11.1. The molecule has 1 atom stereocenters. The fraction of sp³-hybridized carbons (Fsp3) is 0.882. The van der Waals surface area contributed by atoms with E-state index in [0.717, 1.165) is 38.3 Å². The highest BCUT2D eigenvalue weighted by Crippen LogP contribution is 2.36. The molecule has 132 valence electrons. The van der Waals surface area contributed by atoms with E-state index in [4.69, 9.17) is 4.74 Å². The minimum atomic E-state index is -0.0588. The van der Waals surface area contributed by atoms with Crippen LogP contribution in [0.5, 0.6) is 0 Å². The van der Waals surface area contributed by atoms with E-state index in [-0.39, 0.29) is 12.1 Å². The highest BCUT2D eigenvalue weighted by atomic mass is 32.2. The fourth-order valence-electron chi connectivity index (χ4n) is 3.16. The zero-order chi connectivity index (χ0) is 16.5. The average molecular weight is 342 g/mol. The Kier molecular flexibility index (Phi) is 7.53. The lowest BCUT2D eigenvalue weighted by atomic mass is 10.1. The van der Waals surface area contributed by atoms with Crippen LogP contribution >= 0.6 is 11.8 Å². The molecule has 0 spiro atoms. The van der Waals surface area contributed by atoms with Crippen LogP contribution in [0.15, 0.2) is 4.99 Å². The van der Waals surface area contributed by atoms with Crippen molar-refractivity contribution in [1.29, 1.82) is 0 Å². The summed E-state index contributed by atoms with van der Waals surface area (Å²) in [6, 6.07) is 0. The lowest BCUT2D eigenvalue weighted by Gasteiger charge is -2.24. The molecular formula is C17H31N3O2S. The van der Waals surface area contributed by atoms with Gasteiger partial charge in [0.2, 0.25) is 0 Å². The minimum Gasteiger partial charge on any atom is -0.462 e. The van der Waals surface area contributed by atoms with Gasteiger partial charge in [-0.2, -0.15) is 11.8 Å². The van der Waals surface area contributed by atoms with E-state index in [9.17, 15) is 4.79 Å². The zero-order valence-corrected chi connectivity index (χ0v) is 15.3. The Labute approximate surface area is 144 Å². The van der Waals surface area contributed by atoms with E-state index >= 15 is 0 Å². The van der Waals surface area contributed by atoms with E-state index in [2.05, 4.69) is 22.5 Å². The van der Waals surface area contributed by atoms with Gasteiger partial charge in [-0.3, -0.25) is 9.79 Å². The highest BCUT2D eigenvalue weighted by Gasteiger charge is 2.29. The predicted molar refractivity (Wildman–Crippen MR) is 97.0 cm³/mol. The summed E-state index contributed by atoms with van der Waals surface area (Å²) < 4.78 is 5.78. The van der Waals surface area contributed by atoms with Gasteiger partial charge in [-0.05, 0) is 57.6 Å². The molecule has 1 heterocycles. The average Bonchev–Trinajstić information content (AvgIpc) is 3.19. The molecule has 0 aromatic heterocycles. The van der Waals surface area contributed by atoms with E-state index in [0.29, 0.717) is 11.2 Å². The summed E-state index contributed by atoms with van der Waals surface area (Å²) in [6.45, 7) is 3.98. The Bertz CT molecular complexity index is 403. The van der Waals surface area contributed by atoms with Crippen molar-refractivity contribution >= 4 is 23.7 Å². The normalized spacial score (nSPS) is 25.6. The molecule has 2 aliphatic rings. The molecule has 2 fully saturated rings. The van der Waals surface area contributed by atoms with Gasteiger partial charge in [-0.15, -0.1) is 0 Å². The van der Waals surface area contributed by atoms with Crippen LogP contribution in [0.2, 0.25) is 0 Å². The number of carbonyl (C=O) groups is 1.